The standard InChI is InChI=1S/C26H56NO3.ClH/c1-8-9-10-11-12-13-14-15-16-17-18-19-20-21-22-23-24-27(3,4)26(29-6,30-7)25(2)28-5;/h25H,8-24H2,1-7H3;1H/q+1;/p-1. The Kier molecular flexibility index (Phi) is 22.3. The topological polar surface area (TPSA) is 27.7 Å². The zero-order valence-electron chi connectivity index (χ0n) is 22.1. The molecule has 0 aliphatic heterocycles. The second-order valence-electron chi connectivity index (χ2n) is 9.63. The molecule has 0 saturated heterocycles. The fourth-order valence-electron chi connectivity index (χ4n) is 4.76. The third kappa shape index (κ3) is 13.4. The maximum absolute atomic E-state index is 5.81. The lowest BCUT2D eigenvalue weighted by Gasteiger charge is -2.47. The molecule has 0 rings (SSSR count). The molecule has 0 radical (unpaired) electrons. The van der Waals surface area contributed by atoms with Gasteiger partial charge in [0, 0.05) is 21.3 Å². The van der Waals surface area contributed by atoms with Crippen LogP contribution in [0.25, 0.3) is 0 Å². The molecule has 1 atom stereocenters. The highest BCUT2D eigenvalue weighted by molar-refractivity contribution is 4.67. The van der Waals surface area contributed by atoms with Gasteiger partial charge in [0.25, 0.3) is 0 Å². The van der Waals surface area contributed by atoms with E-state index in [1.165, 1.54) is 103 Å². The van der Waals surface area contributed by atoms with Gasteiger partial charge in [-0.3, -0.25) is 4.48 Å². The normalized spacial score (nSPS) is 13.3. The third-order valence-corrected chi connectivity index (χ3v) is 6.87. The number of nitrogens with zero attached hydrogens (tertiary/aromatic N) is 1. The second kappa shape index (κ2) is 20.7. The van der Waals surface area contributed by atoms with Crippen LogP contribution < -0.4 is 12.4 Å². The summed E-state index contributed by atoms with van der Waals surface area (Å²) < 4.78 is 17.8. The molecule has 1 unspecified atom stereocenters. The Hall–Kier alpha value is 0.130. The summed E-state index contributed by atoms with van der Waals surface area (Å²) in [6.07, 6.45) is 22.2. The van der Waals surface area contributed by atoms with Crippen molar-refractivity contribution in [1.29, 1.82) is 0 Å². The van der Waals surface area contributed by atoms with Gasteiger partial charge in [0.15, 0.2) is 6.10 Å². The van der Waals surface area contributed by atoms with Crippen LogP contribution in [0.4, 0.5) is 0 Å². The van der Waals surface area contributed by atoms with Crippen molar-refractivity contribution in [3.63, 3.8) is 0 Å². The number of hydrogen-bond acceptors (Lipinski definition) is 3. The number of unbranched alkanes of at least 4 members (excludes halogenated alkanes) is 15. The van der Waals surface area contributed by atoms with Crippen molar-refractivity contribution in [2.24, 2.45) is 0 Å². The molecule has 5 heteroatoms. The molecule has 0 aromatic heterocycles. The molecule has 0 aromatic rings. The predicted molar refractivity (Wildman–Crippen MR) is 130 cm³/mol. The van der Waals surface area contributed by atoms with Crippen molar-refractivity contribution < 1.29 is 31.1 Å². The number of likely N-dealkylation sites (N-methyl/N-ethyl adjacent to an activating group) is 1. The van der Waals surface area contributed by atoms with Crippen LogP contribution in [0, 0.1) is 0 Å². The van der Waals surface area contributed by atoms with E-state index in [4.69, 9.17) is 14.2 Å². The van der Waals surface area contributed by atoms with Crippen LogP contribution in [0.2, 0.25) is 0 Å². The fourth-order valence-corrected chi connectivity index (χ4v) is 4.76. The van der Waals surface area contributed by atoms with Gasteiger partial charge in [0.1, 0.15) is 0 Å². The molecule has 190 valence electrons. The molecular formula is C26H56ClNO3. The minimum Gasteiger partial charge on any atom is -1.00 e. The Morgan fingerprint density at radius 1 is 0.613 bits per heavy atom. The summed E-state index contributed by atoms with van der Waals surface area (Å²) in [6.45, 7) is 5.33. The molecule has 0 aliphatic rings. The third-order valence-electron chi connectivity index (χ3n) is 6.87. The predicted octanol–water partition coefficient (Wildman–Crippen LogP) is 4.31. The summed E-state index contributed by atoms with van der Waals surface area (Å²) in [5, 5.41) is 0. The molecular weight excluding hydrogens is 410 g/mol. The van der Waals surface area contributed by atoms with Gasteiger partial charge in [-0.25, -0.2) is 0 Å². The van der Waals surface area contributed by atoms with Gasteiger partial charge in [-0.05, 0) is 19.8 Å². The molecule has 0 saturated carbocycles. The number of methoxy groups -OCH3 is 3. The van der Waals surface area contributed by atoms with E-state index in [1.807, 2.05) is 6.92 Å². The van der Waals surface area contributed by atoms with Crippen molar-refractivity contribution in [1.82, 2.24) is 0 Å². The van der Waals surface area contributed by atoms with Crippen LogP contribution in [0.5, 0.6) is 0 Å². The number of ether oxygens (including phenoxy) is 3. The highest BCUT2D eigenvalue weighted by Gasteiger charge is 2.52. The van der Waals surface area contributed by atoms with Crippen molar-refractivity contribution in [3.8, 4) is 0 Å². The maximum atomic E-state index is 5.81. The molecule has 0 aliphatic carbocycles. The largest absolute Gasteiger partial charge is 1.00 e. The van der Waals surface area contributed by atoms with Gasteiger partial charge >= 0.3 is 5.91 Å². The number of quaternary nitrogens is 1. The Bertz CT molecular complexity index is 376. The lowest BCUT2D eigenvalue weighted by Crippen LogP contribution is -3.00. The average molecular weight is 466 g/mol. The van der Waals surface area contributed by atoms with Gasteiger partial charge in [-0.15, -0.1) is 0 Å². The first-order chi connectivity index (χ1) is 14.4. The summed E-state index contributed by atoms with van der Waals surface area (Å²) >= 11 is 0. The molecule has 31 heavy (non-hydrogen) atoms. The minimum atomic E-state index is -0.760. The number of rotatable bonds is 22. The Morgan fingerprint density at radius 3 is 1.23 bits per heavy atom. The van der Waals surface area contributed by atoms with E-state index in [-0.39, 0.29) is 18.5 Å². The number of halogens is 1. The highest BCUT2D eigenvalue weighted by atomic mass is 35.5. The molecule has 0 spiro atoms. The number of hydrogen-bond donors (Lipinski definition) is 0. The van der Waals surface area contributed by atoms with E-state index in [0.717, 1.165) is 6.54 Å². The van der Waals surface area contributed by atoms with Crippen LogP contribution in [-0.4, -0.2) is 58.5 Å². The molecule has 0 bridgehead atoms. The summed E-state index contributed by atoms with van der Waals surface area (Å²) in [5.74, 6) is -0.760. The molecule has 0 amide bonds. The Labute approximate surface area is 201 Å². The summed E-state index contributed by atoms with van der Waals surface area (Å²) in [7, 11) is 9.49. The van der Waals surface area contributed by atoms with Crippen molar-refractivity contribution in [2.45, 2.75) is 129 Å². The monoisotopic (exact) mass is 465 g/mol. The lowest BCUT2D eigenvalue weighted by atomic mass is 10.0. The van der Waals surface area contributed by atoms with Crippen LogP contribution in [-0.2, 0) is 14.2 Å². The van der Waals surface area contributed by atoms with Crippen LogP contribution in [0.3, 0.4) is 0 Å². The van der Waals surface area contributed by atoms with Crippen LogP contribution >= 0.6 is 0 Å². The molecule has 0 aromatic carbocycles. The smallest absolute Gasteiger partial charge is 0.345 e. The van der Waals surface area contributed by atoms with E-state index in [9.17, 15) is 0 Å². The van der Waals surface area contributed by atoms with Gasteiger partial charge in [0.05, 0.1) is 20.6 Å². The zero-order valence-corrected chi connectivity index (χ0v) is 22.9. The first-order valence-corrected chi connectivity index (χ1v) is 12.9. The molecule has 4 nitrogen and oxygen atoms in total. The lowest BCUT2D eigenvalue weighted by molar-refractivity contribution is -0.999. The van der Waals surface area contributed by atoms with E-state index in [2.05, 4.69) is 21.0 Å². The Balaban J connectivity index is 0. The average Bonchev–Trinajstić information content (AvgIpc) is 2.74. The SMILES string of the molecule is CCCCCCCCCCCCCCCCCC[N+](C)(C)C(OC)(OC)C(C)OC.[Cl-]. The quantitative estimate of drug-likeness (QED) is 0.135. The van der Waals surface area contributed by atoms with E-state index >= 15 is 0 Å². The van der Waals surface area contributed by atoms with Gasteiger partial charge in [-0.2, -0.15) is 0 Å². The van der Waals surface area contributed by atoms with Gasteiger partial charge in [0.2, 0.25) is 0 Å². The molecule has 0 heterocycles. The summed E-state index contributed by atoms with van der Waals surface area (Å²) in [4.78, 5) is 0. The fraction of sp³-hybridized carbons (Fsp3) is 1.00. The molecule has 0 N–H and O–H groups in total. The van der Waals surface area contributed by atoms with E-state index in [1.54, 1.807) is 21.3 Å². The minimum absolute atomic E-state index is 0. The van der Waals surface area contributed by atoms with Gasteiger partial charge in [-0.1, -0.05) is 96.8 Å². The van der Waals surface area contributed by atoms with Crippen LogP contribution in [0.15, 0.2) is 0 Å². The maximum Gasteiger partial charge on any atom is 0.345 e. The van der Waals surface area contributed by atoms with Crippen molar-refractivity contribution >= 4 is 0 Å². The van der Waals surface area contributed by atoms with E-state index < -0.39 is 5.91 Å². The summed E-state index contributed by atoms with van der Waals surface area (Å²) in [6, 6.07) is 0. The Morgan fingerprint density at radius 2 is 0.935 bits per heavy atom. The summed E-state index contributed by atoms with van der Waals surface area (Å²) in [5.41, 5.74) is 0. The second-order valence-corrected chi connectivity index (χ2v) is 9.63. The first-order valence-electron chi connectivity index (χ1n) is 12.9. The zero-order chi connectivity index (χ0) is 22.7. The van der Waals surface area contributed by atoms with E-state index in [0.29, 0.717) is 4.48 Å². The van der Waals surface area contributed by atoms with Crippen LogP contribution in [0.1, 0.15) is 117 Å². The van der Waals surface area contributed by atoms with Crippen molar-refractivity contribution in [2.75, 3.05) is 42.0 Å². The molecule has 0 fully saturated rings. The van der Waals surface area contributed by atoms with Gasteiger partial charge < -0.3 is 26.6 Å². The van der Waals surface area contributed by atoms with Crippen molar-refractivity contribution in [3.05, 3.63) is 0 Å². The highest BCUT2D eigenvalue weighted by Crippen LogP contribution is 2.29. The first kappa shape index (κ1) is 33.3.